The summed E-state index contributed by atoms with van der Waals surface area (Å²) in [6, 6.07) is 4.28. The maximum Gasteiger partial charge on any atom is 0.137 e. The SMILES string of the molecule is CCCCCC(=O)Cc1cc(O)cc(O)c1. The van der Waals surface area contributed by atoms with Crippen molar-refractivity contribution in [2.75, 3.05) is 0 Å². The molecule has 16 heavy (non-hydrogen) atoms. The maximum absolute atomic E-state index is 11.5. The summed E-state index contributed by atoms with van der Waals surface area (Å²) < 4.78 is 0. The van der Waals surface area contributed by atoms with Crippen LogP contribution in [-0.2, 0) is 11.2 Å². The molecule has 0 saturated heterocycles. The van der Waals surface area contributed by atoms with Crippen LogP contribution in [-0.4, -0.2) is 16.0 Å². The second kappa shape index (κ2) is 6.16. The van der Waals surface area contributed by atoms with Gasteiger partial charge in [-0.2, -0.15) is 0 Å². The molecule has 0 spiro atoms. The van der Waals surface area contributed by atoms with E-state index < -0.39 is 0 Å². The largest absolute Gasteiger partial charge is 0.508 e. The minimum absolute atomic E-state index is 0.00337. The average molecular weight is 222 g/mol. The summed E-state index contributed by atoms with van der Waals surface area (Å²) in [5.41, 5.74) is 0.666. The molecule has 3 heteroatoms. The van der Waals surface area contributed by atoms with Gasteiger partial charge in [0.05, 0.1) is 0 Å². The van der Waals surface area contributed by atoms with Crippen LogP contribution in [0.4, 0.5) is 0 Å². The predicted molar refractivity (Wildman–Crippen MR) is 62.6 cm³/mol. The Hall–Kier alpha value is -1.51. The molecule has 0 aliphatic heterocycles. The van der Waals surface area contributed by atoms with Gasteiger partial charge in [-0.15, -0.1) is 0 Å². The lowest BCUT2D eigenvalue weighted by atomic mass is 10.0. The molecule has 0 fully saturated rings. The lowest BCUT2D eigenvalue weighted by Gasteiger charge is -2.03. The van der Waals surface area contributed by atoms with E-state index >= 15 is 0 Å². The molecule has 0 unspecified atom stereocenters. The van der Waals surface area contributed by atoms with Crippen LogP contribution in [0.5, 0.6) is 11.5 Å². The summed E-state index contributed by atoms with van der Waals surface area (Å²) in [7, 11) is 0. The third-order valence-corrected chi connectivity index (χ3v) is 2.42. The van der Waals surface area contributed by atoms with E-state index in [4.69, 9.17) is 0 Å². The minimum Gasteiger partial charge on any atom is -0.508 e. The van der Waals surface area contributed by atoms with Crippen LogP contribution in [0.1, 0.15) is 38.2 Å². The van der Waals surface area contributed by atoms with Gasteiger partial charge in [-0.25, -0.2) is 0 Å². The van der Waals surface area contributed by atoms with Gasteiger partial charge in [0.2, 0.25) is 0 Å². The van der Waals surface area contributed by atoms with Gasteiger partial charge < -0.3 is 10.2 Å². The number of Topliss-reactive ketones (excluding diaryl/α,β-unsaturated/α-hetero) is 1. The molecule has 0 aliphatic rings. The number of benzene rings is 1. The van der Waals surface area contributed by atoms with Crippen molar-refractivity contribution in [2.24, 2.45) is 0 Å². The average Bonchev–Trinajstić information content (AvgIpc) is 2.16. The molecule has 0 aromatic heterocycles. The van der Waals surface area contributed by atoms with E-state index in [0.29, 0.717) is 12.0 Å². The summed E-state index contributed by atoms with van der Waals surface area (Å²) in [5, 5.41) is 18.5. The van der Waals surface area contributed by atoms with Gasteiger partial charge in [0.25, 0.3) is 0 Å². The van der Waals surface area contributed by atoms with Gasteiger partial charge in [-0.05, 0) is 24.1 Å². The first-order chi connectivity index (χ1) is 7.61. The van der Waals surface area contributed by atoms with E-state index in [2.05, 4.69) is 6.92 Å². The van der Waals surface area contributed by atoms with E-state index in [9.17, 15) is 15.0 Å². The van der Waals surface area contributed by atoms with Crippen LogP contribution in [0.2, 0.25) is 0 Å². The third-order valence-electron chi connectivity index (χ3n) is 2.42. The molecule has 0 heterocycles. The van der Waals surface area contributed by atoms with Gasteiger partial charge in [0, 0.05) is 18.9 Å². The van der Waals surface area contributed by atoms with Crippen molar-refractivity contribution in [3.63, 3.8) is 0 Å². The van der Waals surface area contributed by atoms with E-state index in [1.165, 1.54) is 18.2 Å². The standard InChI is InChI=1S/C13H18O3/c1-2-3-4-5-11(14)6-10-7-12(15)9-13(16)8-10/h7-9,15-16H,2-6H2,1H3. The smallest absolute Gasteiger partial charge is 0.137 e. The molecule has 0 aliphatic carbocycles. The molecular formula is C13H18O3. The minimum atomic E-state index is -0.00337. The highest BCUT2D eigenvalue weighted by atomic mass is 16.3. The monoisotopic (exact) mass is 222 g/mol. The molecule has 0 atom stereocenters. The number of phenolic OH excluding ortho intramolecular Hbond substituents is 2. The summed E-state index contributed by atoms with van der Waals surface area (Å²) in [5.74, 6) is 0.145. The van der Waals surface area contributed by atoms with Crippen molar-refractivity contribution >= 4 is 5.78 Å². The highest BCUT2D eigenvalue weighted by Crippen LogP contribution is 2.21. The normalized spacial score (nSPS) is 10.3. The predicted octanol–water partition coefficient (Wildman–Crippen LogP) is 2.79. The second-order valence-electron chi connectivity index (χ2n) is 4.03. The first-order valence-electron chi connectivity index (χ1n) is 5.65. The van der Waals surface area contributed by atoms with Crippen LogP contribution in [0, 0.1) is 0 Å². The topological polar surface area (TPSA) is 57.5 Å². The van der Waals surface area contributed by atoms with Gasteiger partial charge in [0.1, 0.15) is 17.3 Å². The van der Waals surface area contributed by atoms with E-state index in [1.54, 1.807) is 0 Å². The van der Waals surface area contributed by atoms with Crippen molar-refractivity contribution in [1.29, 1.82) is 0 Å². The van der Waals surface area contributed by atoms with Crippen LogP contribution < -0.4 is 0 Å². The number of hydrogen-bond donors (Lipinski definition) is 2. The highest BCUT2D eigenvalue weighted by molar-refractivity contribution is 5.81. The molecule has 0 bridgehead atoms. The van der Waals surface area contributed by atoms with Crippen LogP contribution >= 0.6 is 0 Å². The van der Waals surface area contributed by atoms with Crippen LogP contribution in [0.25, 0.3) is 0 Å². The van der Waals surface area contributed by atoms with Crippen molar-refractivity contribution in [2.45, 2.75) is 39.0 Å². The molecular weight excluding hydrogens is 204 g/mol. The van der Waals surface area contributed by atoms with Gasteiger partial charge in [-0.1, -0.05) is 19.8 Å². The van der Waals surface area contributed by atoms with Crippen LogP contribution in [0.3, 0.4) is 0 Å². The van der Waals surface area contributed by atoms with Crippen molar-refractivity contribution in [3.05, 3.63) is 23.8 Å². The van der Waals surface area contributed by atoms with Gasteiger partial charge in [-0.3, -0.25) is 4.79 Å². The number of ketones is 1. The number of carbonyl (C=O) groups is 1. The summed E-state index contributed by atoms with van der Waals surface area (Å²) >= 11 is 0. The molecule has 1 rings (SSSR count). The number of carbonyl (C=O) groups excluding carboxylic acids is 1. The second-order valence-corrected chi connectivity index (χ2v) is 4.03. The number of hydrogen-bond acceptors (Lipinski definition) is 3. The lowest BCUT2D eigenvalue weighted by Crippen LogP contribution is -2.02. The first kappa shape index (κ1) is 12.6. The van der Waals surface area contributed by atoms with E-state index in [0.717, 1.165) is 19.3 Å². The highest BCUT2D eigenvalue weighted by Gasteiger charge is 2.05. The molecule has 2 N–H and O–H groups in total. The molecule has 1 aromatic carbocycles. The van der Waals surface area contributed by atoms with Gasteiger partial charge in [0.15, 0.2) is 0 Å². The Morgan fingerprint density at radius 2 is 1.75 bits per heavy atom. The first-order valence-corrected chi connectivity index (χ1v) is 5.65. The zero-order valence-electron chi connectivity index (χ0n) is 9.57. The molecule has 0 amide bonds. The fourth-order valence-corrected chi connectivity index (χ4v) is 1.65. The maximum atomic E-state index is 11.5. The Balaban J connectivity index is 2.49. The Morgan fingerprint density at radius 1 is 1.12 bits per heavy atom. The zero-order valence-corrected chi connectivity index (χ0v) is 9.57. The number of aromatic hydroxyl groups is 2. The third kappa shape index (κ3) is 4.34. The Kier molecular flexibility index (Phi) is 4.83. The Labute approximate surface area is 95.7 Å². The molecule has 0 saturated carbocycles. The van der Waals surface area contributed by atoms with E-state index in [-0.39, 0.29) is 23.7 Å². The number of rotatable bonds is 6. The zero-order chi connectivity index (χ0) is 12.0. The van der Waals surface area contributed by atoms with E-state index in [1.807, 2.05) is 0 Å². The fraction of sp³-hybridized carbons (Fsp3) is 0.462. The summed E-state index contributed by atoms with van der Waals surface area (Å²) in [6.45, 7) is 2.09. The van der Waals surface area contributed by atoms with Crippen molar-refractivity contribution < 1.29 is 15.0 Å². The Morgan fingerprint density at radius 3 is 2.31 bits per heavy atom. The summed E-state index contributed by atoms with van der Waals surface area (Å²) in [6.07, 6.45) is 3.94. The number of phenols is 2. The lowest BCUT2D eigenvalue weighted by molar-refractivity contribution is -0.118. The molecule has 88 valence electrons. The molecule has 0 radical (unpaired) electrons. The Bertz CT molecular complexity index is 338. The van der Waals surface area contributed by atoms with Gasteiger partial charge >= 0.3 is 0 Å². The summed E-state index contributed by atoms with van der Waals surface area (Å²) in [4.78, 5) is 11.5. The fourth-order valence-electron chi connectivity index (χ4n) is 1.65. The van der Waals surface area contributed by atoms with Crippen molar-refractivity contribution in [3.8, 4) is 11.5 Å². The number of unbranched alkanes of at least 4 members (excludes halogenated alkanes) is 2. The molecule has 3 nitrogen and oxygen atoms in total. The van der Waals surface area contributed by atoms with Crippen molar-refractivity contribution in [1.82, 2.24) is 0 Å². The van der Waals surface area contributed by atoms with Crippen LogP contribution in [0.15, 0.2) is 18.2 Å². The quantitative estimate of drug-likeness (QED) is 0.728. The molecule has 1 aromatic rings.